The molecule has 0 fully saturated rings. The lowest BCUT2D eigenvalue weighted by molar-refractivity contribution is 0.0537. The molecule has 0 saturated carbocycles. The van der Waals surface area contributed by atoms with Crippen molar-refractivity contribution in [2.24, 2.45) is 0 Å². The van der Waals surface area contributed by atoms with Crippen LogP contribution in [0.2, 0.25) is 5.02 Å². The Labute approximate surface area is 103 Å². The second kappa shape index (κ2) is 4.68. The molecule has 1 heterocycles. The Kier molecular flexibility index (Phi) is 3.25. The molecule has 86 valence electrons. The predicted molar refractivity (Wildman–Crippen MR) is 63.3 cm³/mol. The first-order valence-corrected chi connectivity index (χ1v) is 5.31. The summed E-state index contributed by atoms with van der Waals surface area (Å²) >= 11 is 5.84. The number of pyridine rings is 1. The minimum Gasteiger partial charge on any atom is -0.385 e. The first kappa shape index (κ1) is 11.8. The Morgan fingerprint density at radius 1 is 1.29 bits per heavy atom. The van der Waals surface area contributed by atoms with Crippen LogP contribution in [0.1, 0.15) is 11.7 Å². The fourth-order valence-corrected chi connectivity index (χ4v) is 1.81. The molecule has 0 aliphatic carbocycles. The third-order valence-corrected chi connectivity index (χ3v) is 2.72. The number of rotatable bonds is 2. The highest BCUT2D eigenvalue weighted by Crippen LogP contribution is 2.26. The van der Waals surface area contributed by atoms with Crippen LogP contribution >= 0.6 is 11.6 Å². The molecular weight excluding hydrogens is 240 g/mol. The van der Waals surface area contributed by atoms with Crippen molar-refractivity contribution in [1.29, 1.82) is 5.26 Å². The minimum atomic E-state index is -1.46. The summed E-state index contributed by atoms with van der Waals surface area (Å²) in [6.07, 6.45) is -1.22. The Morgan fingerprint density at radius 2 is 2.06 bits per heavy atom. The average molecular weight is 249 g/mol. The number of hydrogen-bond acceptors (Lipinski definition) is 4. The highest BCUT2D eigenvalue weighted by Gasteiger charge is 2.19. The molecule has 0 aliphatic rings. The standard InChI is InChI=1S/C12H9ClN2O2/c13-7-1-2-8-9(12(17)11(16)6-14)3-4-15-10(8)5-7/h1-5,11-12,16-17H. The molecule has 0 aliphatic heterocycles. The van der Waals surface area contributed by atoms with E-state index >= 15 is 0 Å². The zero-order chi connectivity index (χ0) is 12.4. The van der Waals surface area contributed by atoms with Gasteiger partial charge in [-0.25, -0.2) is 0 Å². The number of aromatic nitrogens is 1. The van der Waals surface area contributed by atoms with Gasteiger partial charge in [0.25, 0.3) is 0 Å². The molecule has 2 rings (SSSR count). The van der Waals surface area contributed by atoms with Crippen molar-refractivity contribution in [3.05, 3.63) is 41.0 Å². The summed E-state index contributed by atoms with van der Waals surface area (Å²) < 4.78 is 0. The van der Waals surface area contributed by atoms with Crippen molar-refractivity contribution in [2.75, 3.05) is 0 Å². The molecule has 0 bridgehead atoms. The van der Waals surface area contributed by atoms with Crippen LogP contribution in [0.5, 0.6) is 0 Å². The lowest BCUT2D eigenvalue weighted by Gasteiger charge is -2.14. The second-order valence-electron chi connectivity index (χ2n) is 3.58. The van der Waals surface area contributed by atoms with Crippen molar-refractivity contribution in [3.8, 4) is 6.07 Å². The normalized spacial score (nSPS) is 14.2. The highest BCUT2D eigenvalue weighted by atomic mass is 35.5. The third kappa shape index (κ3) is 2.22. The van der Waals surface area contributed by atoms with Crippen molar-refractivity contribution in [3.63, 3.8) is 0 Å². The van der Waals surface area contributed by atoms with E-state index < -0.39 is 12.2 Å². The van der Waals surface area contributed by atoms with Gasteiger partial charge in [0.2, 0.25) is 0 Å². The Balaban J connectivity index is 2.59. The van der Waals surface area contributed by atoms with E-state index in [-0.39, 0.29) is 0 Å². The molecule has 2 unspecified atom stereocenters. The van der Waals surface area contributed by atoms with Crippen LogP contribution < -0.4 is 0 Å². The highest BCUT2D eigenvalue weighted by molar-refractivity contribution is 6.31. The zero-order valence-corrected chi connectivity index (χ0v) is 9.46. The average Bonchev–Trinajstić information content (AvgIpc) is 2.35. The fraction of sp³-hybridized carbons (Fsp3) is 0.167. The number of nitriles is 1. The van der Waals surface area contributed by atoms with Crippen LogP contribution in [0.3, 0.4) is 0 Å². The molecular formula is C12H9ClN2O2. The SMILES string of the molecule is N#CC(O)C(O)c1ccnc2cc(Cl)ccc12. The van der Waals surface area contributed by atoms with Gasteiger partial charge in [0.1, 0.15) is 6.10 Å². The van der Waals surface area contributed by atoms with Crippen molar-refractivity contribution >= 4 is 22.5 Å². The summed E-state index contributed by atoms with van der Waals surface area (Å²) in [5.41, 5.74) is 1.07. The number of aliphatic hydroxyl groups is 2. The van der Waals surface area contributed by atoms with Gasteiger partial charge in [-0.2, -0.15) is 5.26 Å². The van der Waals surface area contributed by atoms with E-state index in [1.165, 1.54) is 6.20 Å². The molecule has 17 heavy (non-hydrogen) atoms. The first-order valence-electron chi connectivity index (χ1n) is 4.93. The van der Waals surface area contributed by atoms with Gasteiger partial charge < -0.3 is 10.2 Å². The van der Waals surface area contributed by atoms with Gasteiger partial charge >= 0.3 is 0 Å². The van der Waals surface area contributed by atoms with E-state index in [4.69, 9.17) is 16.9 Å². The number of aliphatic hydroxyl groups excluding tert-OH is 2. The van der Waals surface area contributed by atoms with E-state index in [2.05, 4.69) is 4.98 Å². The van der Waals surface area contributed by atoms with Gasteiger partial charge in [0, 0.05) is 16.6 Å². The predicted octanol–water partition coefficient (Wildman–Crippen LogP) is 1.81. The summed E-state index contributed by atoms with van der Waals surface area (Å²) in [5.74, 6) is 0. The van der Waals surface area contributed by atoms with E-state index in [9.17, 15) is 10.2 Å². The molecule has 0 saturated heterocycles. The van der Waals surface area contributed by atoms with Crippen LogP contribution in [0.25, 0.3) is 10.9 Å². The van der Waals surface area contributed by atoms with Crippen molar-refractivity contribution in [1.82, 2.24) is 4.98 Å². The molecule has 2 atom stereocenters. The number of hydrogen-bond donors (Lipinski definition) is 2. The van der Waals surface area contributed by atoms with Crippen LogP contribution in [-0.2, 0) is 0 Å². The molecule has 0 amide bonds. The fourth-order valence-electron chi connectivity index (χ4n) is 1.64. The van der Waals surface area contributed by atoms with Gasteiger partial charge in [0.15, 0.2) is 6.10 Å². The largest absolute Gasteiger partial charge is 0.385 e. The van der Waals surface area contributed by atoms with E-state index in [1.54, 1.807) is 30.3 Å². The van der Waals surface area contributed by atoms with Crippen LogP contribution in [0, 0.1) is 11.3 Å². The topological polar surface area (TPSA) is 77.1 Å². The number of benzene rings is 1. The second-order valence-corrected chi connectivity index (χ2v) is 4.02. The van der Waals surface area contributed by atoms with E-state index in [0.29, 0.717) is 21.5 Å². The lowest BCUT2D eigenvalue weighted by Crippen LogP contribution is -2.16. The minimum absolute atomic E-state index is 0.459. The maximum absolute atomic E-state index is 9.82. The first-order chi connectivity index (χ1) is 8.13. The summed E-state index contributed by atoms with van der Waals surface area (Å²) in [7, 11) is 0. The summed E-state index contributed by atoms with van der Waals surface area (Å²) in [6, 6.07) is 8.20. The Bertz CT molecular complexity index is 595. The molecule has 4 nitrogen and oxygen atoms in total. The van der Waals surface area contributed by atoms with Crippen molar-refractivity contribution in [2.45, 2.75) is 12.2 Å². The van der Waals surface area contributed by atoms with Gasteiger partial charge in [-0.05, 0) is 23.8 Å². The quantitative estimate of drug-likeness (QED) is 0.795. The summed E-state index contributed by atoms with van der Waals surface area (Å²) in [5, 5.41) is 29.0. The van der Waals surface area contributed by atoms with Crippen LogP contribution in [0.15, 0.2) is 30.5 Å². The van der Waals surface area contributed by atoms with Gasteiger partial charge in [-0.3, -0.25) is 4.98 Å². The molecule has 5 heteroatoms. The van der Waals surface area contributed by atoms with E-state index in [1.807, 2.05) is 0 Å². The zero-order valence-electron chi connectivity index (χ0n) is 8.71. The van der Waals surface area contributed by atoms with Crippen molar-refractivity contribution < 1.29 is 10.2 Å². The summed E-state index contributed by atoms with van der Waals surface area (Å²) in [6.45, 7) is 0. The molecule has 0 radical (unpaired) electrons. The van der Waals surface area contributed by atoms with E-state index in [0.717, 1.165) is 0 Å². The lowest BCUT2D eigenvalue weighted by atomic mass is 10.0. The maximum atomic E-state index is 9.82. The maximum Gasteiger partial charge on any atom is 0.170 e. The number of fused-ring (bicyclic) bond motifs is 1. The Morgan fingerprint density at radius 3 is 2.76 bits per heavy atom. The number of nitrogens with zero attached hydrogens (tertiary/aromatic N) is 2. The molecule has 0 spiro atoms. The molecule has 2 N–H and O–H groups in total. The molecule has 1 aromatic carbocycles. The third-order valence-electron chi connectivity index (χ3n) is 2.49. The van der Waals surface area contributed by atoms with Gasteiger partial charge in [-0.15, -0.1) is 0 Å². The Hall–Kier alpha value is -1.67. The molecule has 2 aromatic rings. The monoisotopic (exact) mass is 248 g/mol. The number of halogens is 1. The van der Waals surface area contributed by atoms with Gasteiger partial charge in [-0.1, -0.05) is 17.7 Å². The molecule has 1 aromatic heterocycles. The smallest absolute Gasteiger partial charge is 0.170 e. The van der Waals surface area contributed by atoms with Gasteiger partial charge in [0.05, 0.1) is 11.6 Å². The van der Waals surface area contributed by atoms with Crippen LogP contribution in [-0.4, -0.2) is 21.3 Å². The summed E-state index contributed by atoms with van der Waals surface area (Å²) in [4.78, 5) is 4.11. The van der Waals surface area contributed by atoms with Crippen LogP contribution in [0.4, 0.5) is 0 Å².